The highest BCUT2D eigenvalue weighted by molar-refractivity contribution is 7.90. The number of fused-ring (bicyclic) bond motifs is 1. The fraction of sp³-hybridized carbons (Fsp3) is 0.158. The zero-order chi connectivity index (χ0) is 21.0. The Morgan fingerprint density at radius 3 is 2.67 bits per heavy atom. The van der Waals surface area contributed by atoms with E-state index in [1.54, 1.807) is 24.3 Å². The van der Waals surface area contributed by atoms with Gasteiger partial charge in [0, 0.05) is 22.9 Å². The predicted octanol–water partition coefficient (Wildman–Crippen LogP) is 1.59. The maximum Gasteiger partial charge on any atom is 0.439 e. The fourth-order valence-electron chi connectivity index (χ4n) is 3.36. The Labute approximate surface area is 169 Å². The van der Waals surface area contributed by atoms with Crippen LogP contribution in [0, 0.1) is 0 Å². The van der Waals surface area contributed by atoms with E-state index in [1.165, 1.54) is 18.2 Å². The summed E-state index contributed by atoms with van der Waals surface area (Å²) >= 11 is 0. The number of aromatic amines is 1. The van der Waals surface area contributed by atoms with Crippen LogP contribution in [0.5, 0.6) is 0 Å². The predicted molar refractivity (Wildman–Crippen MR) is 103 cm³/mol. The van der Waals surface area contributed by atoms with Crippen molar-refractivity contribution in [3.8, 4) is 11.4 Å². The van der Waals surface area contributed by atoms with E-state index in [4.69, 9.17) is 0 Å². The first-order valence-corrected chi connectivity index (χ1v) is 10.5. The van der Waals surface area contributed by atoms with Crippen LogP contribution in [-0.4, -0.2) is 40.7 Å². The molecule has 0 bridgehead atoms. The number of nitrogens with zero attached hydrogens (tertiary/aromatic N) is 2. The molecule has 2 aromatic carbocycles. The van der Waals surface area contributed by atoms with Crippen molar-refractivity contribution in [3.05, 3.63) is 64.1 Å². The summed E-state index contributed by atoms with van der Waals surface area (Å²) in [5.74, 6) is -1.59. The number of rotatable bonds is 4. The molecule has 0 saturated heterocycles. The molecule has 1 aliphatic heterocycles. The minimum atomic E-state index is -3.95. The second kappa shape index (κ2) is 6.39. The highest BCUT2D eigenvalue weighted by Gasteiger charge is 2.48. The van der Waals surface area contributed by atoms with E-state index in [0.717, 1.165) is 4.31 Å². The molecule has 11 heteroatoms. The summed E-state index contributed by atoms with van der Waals surface area (Å²) < 4.78 is 30.9. The van der Waals surface area contributed by atoms with Crippen LogP contribution >= 0.6 is 0 Å². The van der Waals surface area contributed by atoms with Gasteiger partial charge in [-0.25, -0.2) is 17.5 Å². The maximum absolute atomic E-state index is 12.7. The lowest BCUT2D eigenvalue weighted by molar-refractivity contribution is 0.0864. The Morgan fingerprint density at radius 2 is 1.97 bits per heavy atom. The minimum absolute atomic E-state index is 0.0791. The van der Waals surface area contributed by atoms with E-state index < -0.39 is 27.6 Å². The standard InChI is InChI=1S/C19H14N4O6S/c24-17(20-12-3-1-2-10(8-12)16-21-19(26)29-22-16)11-4-7-14-15(9-11)30(27,28)23(18(14)25)13-5-6-13/h1-4,7-9,13H,5-6H2,(H,20,24)(H,21,22,26). The van der Waals surface area contributed by atoms with Gasteiger partial charge in [-0.15, -0.1) is 0 Å². The van der Waals surface area contributed by atoms with Gasteiger partial charge < -0.3 is 5.32 Å². The molecule has 0 radical (unpaired) electrons. The first-order chi connectivity index (χ1) is 14.3. The summed E-state index contributed by atoms with van der Waals surface area (Å²) in [6, 6.07) is 10.2. The van der Waals surface area contributed by atoms with E-state index in [0.29, 0.717) is 24.1 Å². The lowest BCUT2D eigenvalue weighted by Crippen LogP contribution is -2.31. The zero-order valence-corrected chi connectivity index (χ0v) is 16.1. The van der Waals surface area contributed by atoms with Gasteiger partial charge in [0.15, 0.2) is 5.82 Å². The molecule has 2 heterocycles. The van der Waals surface area contributed by atoms with Crippen molar-refractivity contribution in [1.29, 1.82) is 0 Å². The monoisotopic (exact) mass is 426 g/mol. The van der Waals surface area contributed by atoms with E-state index in [2.05, 4.69) is 20.0 Å². The second-order valence-corrected chi connectivity index (χ2v) is 8.81. The molecule has 0 atom stereocenters. The van der Waals surface area contributed by atoms with Gasteiger partial charge in [0.25, 0.3) is 21.8 Å². The Morgan fingerprint density at radius 1 is 1.17 bits per heavy atom. The lowest BCUT2D eigenvalue weighted by atomic mass is 10.1. The van der Waals surface area contributed by atoms with Gasteiger partial charge in [-0.1, -0.05) is 17.3 Å². The molecule has 2 aliphatic rings. The summed E-state index contributed by atoms with van der Waals surface area (Å²) in [5, 5.41) is 6.26. The Hall–Kier alpha value is -3.73. The van der Waals surface area contributed by atoms with Crippen molar-refractivity contribution in [2.45, 2.75) is 23.8 Å². The summed E-state index contributed by atoms with van der Waals surface area (Å²) in [7, 11) is -3.95. The Bertz CT molecular complexity index is 1370. The van der Waals surface area contributed by atoms with Crippen LogP contribution in [0.15, 0.2) is 56.7 Å². The third-order valence-corrected chi connectivity index (χ3v) is 6.80. The Balaban J connectivity index is 1.43. The molecule has 0 unspecified atom stereocenters. The van der Waals surface area contributed by atoms with Crippen LogP contribution in [0.2, 0.25) is 0 Å². The molecule has 152 valence electrons. The highest BCUT2D eigenvalue weighted by Crippen LogP contribution is 2.39. The average Bonchev–Trinajstić information content (AvgIpc) is 3.41. The number of hydrogen-bond acceptors (Lipinski definition) is 7. The quantitative estimate of drug-likeness (QED) is 0.645. The van der Waals surface area contributed by atoms with Crippen molar-refractivity contribution in [1.82, 2.24) is 14.4 Å². The number of H-pyrrole nitrogens is 1. The van der Waals surface area contributed by atoms with Crippen LogP contribution in [0.1, 0.15) is 33.6 Å². The van der Waals surface area contributed by atoms with Crippen LogP contribution in [0.3, 0.4) is 0 Å². The molecule has 1 saturated carbocycles. The summed E-state index contributed by atoms with van der Waals surface area (Å²) in [6.07, 6.45) is 1.30. The van der Waals surface area contributed by atoms with Crippen LogP contribution < -0.4 is 11.1 Å². The summed E-state index contributed by atoms with van der Waals surface area (Å²) in [6.45, 7) is 0. The highest BCUT2D eigenvalue weighted by atomic mass is 32.2. The molecule has 1 aliphatic carbocycles. The zero-order valence-electron chi connectivity index (χ0n) is 15.3. The molecule has 2 N–H and O–H groups in total. The van der Waals surface area contributed by atoms with Crippen LogP contribution in [0.25, 0.3) is 11.4 Å². The summed E-state index contributed by atoms with van der Waals surface area (Å²) in [5.41, 5.74) is 1.10. The van der Waals surface area contributed by atoms with Gasteiger partial charge in [-0.2, -0.15) is 0 Å². The number of carbonyl (C=O) groups excluding carboxylic acids is 2. The minimum Gasteiger partial charge on any atom is -0.322 e. The molecule has 0 spiro atoms. The second-order valence-electron chi connectivity index (χ2n) is 7.03. The van der Waals surface area contributed by atoms with Crippen molar-refractivity contribution < 1.29 is 22.5 Å². The number of benzene rings is 2. The number of amides is 2. The van der Waals surface area contributed by atoms with Crippen LogP contribution in [-0.2, 0) is 10.0 Å². The number of anilines is 1. The SMILES string of the molecule is O=C(Nc1cccc(-c2noc(=O)[nH]2)c1)c1ccc2c(c1)S(=O)(=O)N(C1CC1)C2=O. The maximum atomic E-state index is 12.7. The molecule has 2 amide bonds. The first-order valence-electron chi connectivity index (χ1n) is 9.05. The molecule has 30 heavy (non-hydrogen) atoms. The molecule has 5 rings (SSSR count). The van der Waals surface area contributed by atoms with Crippen molar-refractivity contribution in [2.24, 2.45) is 0 Å². The largest absolute Gasteiger partial charge is 0.439 e. The third kappa shape index (κ3) is 2.90. The third-order valence-electron chi connectivity index (χ3n) is 4.92. The molecule has 3 aromatic rings. The lowest BCUT2D eigenvalue weighted by Gasteiger charge is -2.13. The van der Waals surface area contributed by atoms with E-state index in [9.17, 15) is 22.8 Å². The Kier molecular flexibility index (Phi) is 3.90. The average molecular weight is 426 g/mol. The molecule has 1 fully saturated rings. The van der Waals surface area contributed by atoms with Gasteiger partial charge in [0.1, 0.15) is 4.90 Å². The number of carbonyl (C=O) groups is 2. The number of nitrogens with one attached hydrogen (secondary N) is 2. The van der Waals surface area contributed by atoms with Crippen molar-refractivity contribution in [3.63, 3.8) is 0 Å². The van der Waals surface area contributed by atoms with E-state index >= 15 is 0 Å². The number of aromatic nitrogens is 2. The topological polar surface area (TPSA) is 142 Å². The van der Waals surface area contributed by atoms with Crippen molar-refractivity contribution >= 4 is 27.5 Å². The smallest absolute Gasteiger partial charge is 0.322 e. The van der Waals surface area contributed by atoms with E-state index in [1.807, 2.05) is 0 Å². The number of sulfonamides is 1. The van der Waals surface area contributed by atoms with Crippen molar-refractivity contribution in [2.75, 3.05) is 5.32 Å². The van der Waals surface area contributed by atoms with Gasteiger partial charge >= 0.3 is 5.76 Å². The number of hydrogen-bond donors (Lipinski definition) is 2. The normalized spacial score (nSPS) is 17.1. The van der Waals surface area contributed by atoms with Crippen LogP contribution in [0.4, 0.5) is 5.69 Å². The van der Waals surface area contributed by atoms with Gasteiger partial charge in [0.2, 0.25) is 0 Å². The molecular formula is C19H14N4O6S. The fourth-order valence-corrected chi connectivity index (χ4v) is 5.20. The van der Waals surface area contributed by atoms with E-state index in [-0.39, 0.29) is 27.9 Å². The molecule has 1 aromatic heterocycles. The first kappa shape index (κ1) is 18.3. The molecule has 10 nitrogen and oxygen atoms in total. The van der Waals surface area contributed by atoms with Gasteiger partial charge in [-0.05, 0) is 43.2 Å². The molecular weight excluding hydrogens is 412 g/mol. The van der Waals surface area contributed by atoms with Gasteiger partial charge in [0.05, 0.1) is 5.56 Å². The van der Waals surface area contributed by atoms with Gasteiger partial charge in [-0.3, -0.25) is 19.1 Å². The summed E-state index contributed by atoms with van der Waals surface area (Å²) in [4.78, 5) is 38.5.